The van der Waals surface area contributed by atoms with Gasteiger partial charge in [-0.2, -0.15) is 0 Å². The average molecular weight is 165 g/mol. The van der Waals surface area contributed by atoms with Gasteiger partial charge in [-0.05, 0) is 12.2 Å². The second-order valence-corrected chi connectivity index (χ2v) is 2.99. The number of hydrogen-bond acceptors (Lipinski definition) is 4. The Morgan fingerprint density at radius 1 is 1.45 bits per heavy atom. The van der Waals surface area contributed by atoms with Crippen LogP contribution in [0.2, 0.25) is 0 Å². The van der Waals surface area contributed by atoms with E-state index in [1.807, 2.05) is 23.3 Å². The summed E-state index contributed by atoms with van der Waals surface area (Å²) >= 11 is 1.64. The Morgan fingerprint density at radius 2 is 2.45 bits per heavy atom. The topological polar surface area (TPSA) is 28.0 Å². The predicted molar refractivity (Wildman–Crippen MR) is 48.5 cm³/mol. The van der Waals surface area contributed by atoms with Gasteiger partial charge in [-0.15, -0.1) is 0 Å². The van der Waals surface area contributed by atoms with Gasteiger partial charge in [-0.3, -0.25) is 9.89 Å². The molecule has 0 aromatic heterocycles. The zero-order valence-electron chi connectivity index (χ0n) is 5.84. The molecule has 2 rings (SSSR count). The van der Waals surface area contributed by atoms with Crippen LogP contribution in [0, 0.1) is 0 Å². The van der Waals surface area contributed by atoms with Crippen molar-refractivity contribution in [3.8, 4) is 0 Å². The van der Waals surface area contributed by atoms with Gasteiger partial charge in [0.25, 0.3) is 0 Å². The molecule has 2 aliphatic rings. The first kappa shape index (κ1) is 6.67. The molecular weight excluding hydrogens is 158 g/mol. The number of amidine groups is 1. The molecule has 0 saturated carbocycles. The molecule has 3 nitrogen and oxygen atoms in total. The summed E-state index contributed by atoms with van der Waals surface area (Å²) in [4.78, 5) is 10.2. The number of thioether (sulfide) groups is 1. The SMILES string of the molecule is C1=CN=C2SCN=CN2C=C1. The smallest absolute Gasteiger partial charge is 0.175 e. The lowest BCUT2D eigenvalue weighted by molar-refractivity contribution is 0.865. The van der Waals surface area contributed by atoms with Crippen LogP contribution in [0.3, 0.4) is 0 Å². The van der Waals surface area contributed by atoms with Gasteiger partial charge in [0.05, 0.1) is 12.2 Å². The van der Waals surface area contributed by atoms with E-state index in [1.165, 1.54) is 0 Å². The molecule has 0 amide bonds. The van der Waals surface area contributed by atoms with Crippen molar-refractivity contribution in [2.24, 2.45) is 9.98 Å². The first-order valence-electron chi connectivity index (χ1n) is 3.29. The lowest BCUT2D eigenvalue weighted by Gasteiger charge is -2.17. The fourth-order valence-electron chi connectivity index (χ4n) is 0.845. The maximum Gasteiger partial charge on any atom is 0.175 e. The number of hydrogen-bond donors (Lipinski definition) is 0. The lowest BCUT2D eigenvalue weighted by atomic mass is 10.6. The molecule has 56 valence electrons. The van der Waals surface area contributed by atoms with Crippen molar-refractivity contribution < 1.29 is 0 Å². The van der Waals surface area contributed by atoms with Crippen LogP contribution in [0.1, 0.15) is 0 Å². The minimum atomic E-state index is 0.775. The Hall–Kier alpha value is -1.03. The first-order chi connectivity index (χ1) is 5.47. The van der Waals surface area contributed by atoms with Crippen molar-refractivity contribution >= 4 is 23.3 Å². The molecule has 4 heteroatoms. The van der Waals surface area contributed by atoms with E-state index in [0.717, 1.165) is 11.0 Å². The van der Waals surface area contributed by atoms with Crippen LogP contribution in [0.5, 0.6) is 0 Å². The molecule has 0 N–H and O–H groups in total. The highest BCUT2D eigenvalue weighted by Gasteiger charge is 2.10. The van der Waals surface area contributed by atoms with E-state index in [9.17, 15) is 0 Å². The molecule has 0 spiro atoms. The number of aliphatic imine (C=N–C) groups is 2. The fraction of sp³-hybridized carbons (Fsp3) is 0.143. The largest absolute Gasteiger partial charge is 0.287 e. The van der Waals surface area contributed by atoms with Gasteiger partial charge < -0.3 is 0 Å². The molecule has 2 aliphatic heterocycles. The zero-order chi connectivity index (χ0) is 7.52. The van der Waals surface area contributed by atoms with E-state index < -0.39 is 0 Å². The van der Waals surface area contributed by atoms with Crippen molar-refractivity contribution in [2.45, 2.75) is 0 Å². The predicted octanol–water partition coefficient (Wildman–Crippen LogP) is 1.42. The quantitative estimate of drug-likeness (QED) is 0.543. The van der Waals surface area contributed by atoms with Crippen LogP contribution in [0.15, 0.2) is 34.5 Å². The van der Waals surface area contributed by atoms with Gasteiger partial charge in [-0.25, -0.2) is 4.99 Å². The van der Waals surface area contributed by atoms with Crippen molar-refractivity contribution in [2.75, 3.05) is 5.88 Å². The van der Waals surface area contributed by atoms with E-state index in [2.05, 4.69) is 9.98 Å². The standard InChI is InChI=1S/C7H7N3S/c1-2-4-10-5-8-6-11-7(10)9-3-1/h1-5H,6H2. The maximum atomic E-state index is 4.22. The van der Waals surface area contributed by atoms with Gasteiger partial charge in [0.1, 0.15) is 0 Å². The molecule has 0 aromatic rings. The van der Waals surface area contributed by atoms with Crippen molar-refractivity contribution in [1.29, 1.82) is 0 Å². The highest BCUT2D eigenvalue weighted by molar-refractivity contribution is 8.13. The molecule has 0 fully saturated rings. The van der Waals surface area contributed by atoms with E-state index in [-0.39, 0.29) is 0 Å². The number of nitrogens with zero attached hydrogens (tertiary/aromatic N) is 3. The third-order valence-electron chi connectivity index (χ3n) is 1.32. The Bertz CT molecular complexity index is 265. The minimum Gasteiger partial charge on any atom is -0.287 e. The van der Waals surface area contributed by atoms with Gasteiger partial charge in [-0.1, -0.05) is 11.8 Å². The molecule has 0 aromatic carbocycles. The van der Waals surface area contributed by atoms with Gasteiger partial charge >= 0.3 is 0 Å². The Balaban J connectivity index is 2.32. The van der Waals surface area contributed by atoms with Crippen LogP contribution in [-0.2, 0) is 0 Å². The molecule has 0 unspecified atom stereocenters. The van der Waals surface area contributed by atoms with Gasteiger partial charge in [0.15, 0.2) is 5.17 Å². The van der Waals surface area contributed by atoms with Crippen LogP contribution < -0.4 is 0 Å². The second-order valence-electron chi connectivity index (χ2n) is 2.07. The number of allylic oxidation sites excluding steroid dienone is 2. The Labute approximate surface area is 69.2 Å². The van der Waals surface area contributed by atoms with Gasteiger partial charge in [0, 0.05) is 12.4 Å². The third-order valence-corrected chi connectivity index (χ3v) is 2.18. The Kier molecular flexibility index (Phi) is 1.77. The summed E-state index contributed by atoms with van der Waals surface area (Å²) in [5.41, 5.74) is 0. The van der Waals surface area contributed by atoms with E-state index in [4.69, 9.17) is 0 Å². The van der Waals surface area contributed by atoms with Crippen LogP contribution in [0.25, 0.3) is 0 Å². The maximum absolute atomic E-state index is 4.22. The van der Waals surface area contributed by atoms with Crippen LogP contribution >= 0.6 is 11.8 Å². The number of fused-ring (bicyclic) bond motifs is 1. The summed E-state index contributed by atoms with van der Waals surface area (Å²) in [6.07, 6.45) is 9.36. The highest BCUT2D eigenvalue weighted by Crippen LogP contribution is 2.14. The summed E-state index contributed by atoms with van der Waals surface area (Å²) in [5, 5.41) is 0.991. The summed E-state index contributed by atoms with van der Waals surface area (Å²) < 4.78 is 0. The molecule has 2 heterocycles. The van der Waals surface area contributed by atoms with E-state index in [0.29, 0.717) is 0 Å². The molecule has 0 atom stereocenters. The van der Waals surface area contributed by atoms with Crippen LogP contribution in [0.4, 0.5) is 0 Å². The summed E-state index contributed by atoms with van der Waals surface area (Å²) in [5.74, 6) is 0.775. The lowest BCUT2D eigenvalue weighted by Crippen LogP contribution is -2.24. The Morgan fingerprint density at radius 3 is 3.45 bits per heavy atom. The van der Waals surface area contributed by atoms with Gasteiger partial charge in [0.2, 0.25) is 0 Å². The van der Waals surface area contributed by atoms with E-state index in [1.54, 1.807) is 24.3 Å². The van der Waals surface area contributed by atoms with Crippen molar-refractivity contribution in [3.05, 3.63) is 24.6 Å². The molecular formula is C7H7N3S. The van der Waals surface area contributed by atoms with E-state index >= 15 is 0 Å². The molecule has 0 saturated heterocycles. The molecule has 0 aliphatic carbocycles. The molecule has 0 radical (unpaired) electrons. The third kappa shape index (κ3) is 1.35. The van der Waals surface area contributed by atoms with Crippen molar-refractivity contribution in [3.63, 3.8) is 0 Å². The normalized spacial score (nSPS) is 21.1. The summed E-state index contributed by atoms with van der Waals surface area (Å²) in [7, 11) is 0. The molecule has 0 bridgehead atoms. The minimum absolute atomic E-state index is 0.775. The second kappa shape index (κ2) is 2.92. The first-order valence-corrected chi connectivity index (χ1v) is 4.27. The zero-order valence-corrected chi connectivity index (χ0v) is 6.66. The average Bonchev–Trinajstić information content (AvgIpc) is 2.28. The monoisotopic (exact) mass is 165 g/mol. The summed E-state index contributed by atoms with van der Waals surface area (Å²) in [6.45, 7) is 0. The fourth-order valence-corrected chi connectivity index (χ4v) is 1.49. The van der Waals surface area contributed by atoms with Crippen molar-refractivity contribution in [1.82, 2.24) is 4.90 Å². The summed E-state index contributed by atoms with van der Waals surface area (Å²) in [6, 6.07) is 0. The molecule has 11 heavy (non-hydrogen) atoms. The highest BCUT2D eigenvalue weighted by atomic mass is 32.2. The number of rotatable bonds is 0. The van der Waals surface area contributed by atoms with Crippen LogP contribution in [-0.4, -0.2) is 22.3 Å².